The van der Waals surface area contributed by atoms with Crippen molar-refractivity contribution in [1.29, 1.82) is 0 Å². The predicted molar refractivity (Wildman–Crippen MR) is 80.8 cm³/mol. The molecular weight excluding hydrogens is 252 g/mol. The van der Waals surface area contributed by atoms with Gasteiger partial charge in [-0.05, 0) is 64.4 Å². The summed E-state index contributed by atoms with van der Waals surface area (Å²) in [6, 6.07) is 7.97. The number of ether oxygens (including phenoxy) is 1. The first-order valence-electron chi connectivity index (χ1n) is 7.24. The molecule has 0 unspecified atom stereocenters. The Morgan fingerprint density at radius 2 is 1.80 bits per heavy atom. The number of amides is 1. The van der Waals surface area contributed by atoms with E-state index in [1.54, 1.807) is 0 Å². The van der Waals surface area contributed by atoms with Gasteiger partial charge in [0.15, 0.2) is 0 Å². The molecule has 0 spiro atoms. The molecule has 4 heteroatoms. The molecule has 4 nitrogen and oxygen atoms in total. The molecular formula is C16H24N2O2. The van der Waals surface area contributed by atoms with Crippen LogP contribution in [0.3, 0.4) is 0 Å². The van der Waals surface area contributed by atoms with Crippen LogP contribution < -0.4 is 5.32 Å². The molecule has 0 atom stereocenters. The SMILES string of the molecule is CC(C)(C)OC(=O)Nc1ccc(CN2CCCC2)cc1. The quantitative estimate of drug-likeness (QED) is 0.916. The van der Waals surface area contributed by atoms with Crippen LogP contribution in [0, 0.1) is 0 Å². The van der Waals surface area contributed by atoms with Crippen molar-refractivity contribution in [2.75, 3.05) is 18.4 Å². The molecule has 2 rings (SSSR count). The van der Waals surface area contributed by atoms with Crippen LogP contribution in [0.25, 0.3) is 0 Å². The van der Waals surface area contributed by atoms with E-state index in [-0.39, 0.29) is 0 Å². The lowest BCUT2D eigenvalue weighted by atomic mass is 10.2. The summed E-state index contributed by atoms with van der Waals surface area (Å²) in [6.07, 6.45) is 2.20. The van der Waals surface area contributed by atoms with E-state index < -0.39 is 11.7 Å². The van der Waals surface area contributed by atoms with Gasteiger partial charge in [0.1, 0.15) is 5.60 Å². The minimum atomic E-state index is -0.472. The molecule has 110 valence electrons. The number of nitrogens with zero attached hydrogens (tertiary/aromatic N) is 1. The first-order chi connectivity index (χ1) is 9.42. The van der Waals surface area contributed by atoms with Crippen molar-refractivity contribution >= 4 is 11.8 Å². The van der Waals surface area contributed by atoms with Gasteiger partial charge in [0.25, 0.3) is 0 Å². The minimum Gasteiger partial charge on any atom is -0.444 e. The zero-order valence-corrected chi connectivity index (χ0v) is 12.6. The smallest absolute Gasteiger partial charge is 0.412 e. The number of anilines is 1. The van der Waals surface area contributed by atoms with Crippen LogP contribution in [0.1, 0.15) is 39.2 Å². The Balaban J connectivity index is 1.86. The van der Waals surface area contributed by atoms with Crippen molar-refractivity contribution in [3.63, 3.8) is 0 Å². The van der Waals surface area contributed by atoms with Crippen LogP contribution in [0.15, 0.2) is 24.3 Å². The molecule has 1 aliphatic heterocycles. The molecule has 20 heavy (non-hydrogen) atoms. The van der Waals surface area contributed by atoms with Gasteiger partial charge in [0.2, 0.25) is 0 Å². The van der Waals surface area contributed by atoms with E-state index in [0.717, 1.165) is 12.2 Å². The predicted octanol–water partition coefficient (Wildman–Crippen LogP) is 3.63. The number of benzene rings is 1. The molecule has 1 amide bonds. The van der Waals surface area contributed by atoms with Crippen molar-refractivity contribution in [3.05, 3.63) is 29.8 Å². The third kappa shape index (κ3) is 4.85. The van der Waals surface area contributed by atoms with Crippen molar-refractivity contribution < 1.29 is 9.53 Å². The Hall–Kier alpha value is -1.55. The van der Waals surface area contributed by atoms with Crippen molar-refractivity contribution in [2.24, 2.45) is 0 Å². The summed E-state index contributed by atoms with van der Waals surface area (Å²) in [5.74, 6) is 0. The molecule has 1 heterocycles. The van der Waals surface area contributed by atoms with E-state index in [4.69, 9.17) is 4.74 Å². The second-order valence-corrected chi connectivity index (χ2v) is 6.31. The lowest BCUT2D eigenvalue weighted by Crippen LogP contribution is -2.27. The lowest BCUT2D eigenvalue weighted by Gasteiger charge is -2.20. The van der Waals surface area contributed by atoms with E-state index in [2.05, 4.69) is 22.3 Å². The average Bonchev–Trinajstić information content (AvgIpc) is 2.82. The Kier molecular flexibility index (Phi) is 4.65. The molecule has 0 bridgehead atoms. The number of hydrogen-bond acceptors (Lipinski definition) is 3. The Morgan fingerprint density at radius 1 is 1.20 bits per heavy atom. The number of carbonyl (C=O) groups is 1. The maximum absolute atomic E-state index is 11.7. The van der Waals surface area contributed by atoms with Gasteiger partial charge in [-0.1, -0.05) is 12.1 Å². The maximum Gasteiger partial charge on any atom is 0.412 e. The topological polar surface area (TPSA) is 41.6 Å². The van der Waals surface area contributed by atoms with E-state index in [1.807, 2.05) is 32.9 Å². The number of likely N-dealkylation sites (tertiary alicyclic amines) is 1. The van der Waals surface area contributed by atoms with Crippen molar-refractivity contribution in [3.8, 4) is 0 Å². The monoisotopic (exact) mass is 276 g/mol. The zero-order valence-electron chi connectivity index (χ0n) is 12.6. The average molecular weight is 276 g/mol. The fourth-order valence-corrected chi connectivity index (χ4v) is 2.31. The fraction of sp³-hybridized carbons (Fsp3) is 0.562. The van der Waals surface area contributed by atoms with Gasteiger partial charge in [0.05, 0.1) is 0 Å². The molecule has 1 N–H and O–H groups in total. The molecule has 1 aliphatic rings. The summed E-state index contributed by atoms with van der Waals surface area (Å²) in [4.78, 5) is 14.1. The first kappa shape index (κ1) is 14.9. The van der Waals surface area contributed by atoms with Gasteiger partial charge in [-0.3, -0.25) is 10.2 Å². The molecule has 0 saturated carbocycles. The fourth-order valence-electron chi connectivity index (χ4n) is 2.31. The molecule has 0 aliphatic carbocycles. The highest BCUT2D eigenvalue weighted by atomic mass is 16.6. The molecule has 1 aromatic carbocycles. The molecule has 1 saturated heterocycles. The second kappa shape index (κ2) is 6.27. The van der Waals surface area contributed by atoms with Crippen LogP contribution in [-0.2, 0) is 11.3 Å². The number of hydrogen-bond donors (Lipinski definition) is 1. The molecule has 1 aromatic rings. The summed E-state index contributed by atoms with van der Waals surface area (Å²) >= 11 is 0. The third-order valence-corrected chi connectivity index (χ3v) is 3.20. The summed E-state index contributed by atoms with van der Waals surface area (Å²) in [6.45, 7) is 8.94. The van der Waals surface area contributed by atoms with Gasteiger partial charge >= 0.3 is 6.09 Å². The standard InChI is InChI=1S/C16H24N2O2/c1-16(2,3)20-15(19)17-14-8-6-13(7-9-14)12-18-10-4-5-11-18/h6-9H,4-5,10-12H2,1-3H3,(H,17,19). The minimum absolute atomic E-state index is 0.412. The van der Waals surface area contributed by atoms with Gasteiger partial charge in [-0.2, -0.15) is 0 Å². The van der Waals surface area contributed by atoms with Gasteiger partial charge < -0.3 is 4.74 Å². The van der Waals surface area contributed by atoms with Gasteiger partial charge in [0, 0.05) is 12.2 Å². The van der Waals surface area contributed by atoms with Crippen molar-refractivity contribution in [1.82, 2.24) is 4.90 Å². The van der Waals surface area contributed by atoms with Crippen LogP contribution in [0.4, 0.5) is 10.5 Å². The summed E-state index contributed by atoms with van der Waals surface area (Å²) in [7, 11) is 0. The molecule has 0 aromatic heterocycles. The van der Waals surface area contributed by atoms with E-state index in [9.17, 15) is 4.79 Å². The summed E-state index contributed by atoms with van der Waals surface area (Å²) in [5.41, 5.74) is 1.57. The van der Waals surface area contributed by atoms with E-state index in [0.29, 0.717) is 0 Å². The Morgan fingerprint density at radius 3 is 2.35 bits per heavy atom. The second-order valence-electron chi connectivity index (χ2n) is 6.31. The highest BCUT2D eigenvalue weighted by molar-refractivity contribution is 5.84. The van der Waals surface area contributed by atoms with Crippen LogP contribution in [-0.4, -0.2) is 29.7 Å². The first-order valence-corrected chi connectivity index (χ1v) is 7.24. The molecule has 1 fully saturated rings. The number of carbonyl (C=O) groups excluding carboxylic acids is 1. The van der Waals surface area contributed by atoms with E-state index in [1.165, 1.54) is 31.5 Å². The summed E-state index contributed by atoms with van der Waals surface area (Å²) < 4.78 is 5.22. The summed E-state index contributed by atoms with van der Waals surface area (Å²) in [5, 5.41) is 2.74. The highest BCUT2D eigenvalue weighted by Crippen LogP contribution is 2.16. The Labute approximate surface area is 121 Å². The third-order valence-electron chi connectivity index (χ3n) is 3.20. The van der Waals surface area contributed by atoms with E-state index >= 15 is 0 Å². The highest BCUT2D eigenvalue weighted by Gasteiger charge is 2.16. The normalized spacial score (nSPS) is 16.1. The van der Waals surface area contributed by atoms with Crippen LogP contribution in [0.5, 0.6) is 0 Å². The largest absolute Gasteiger partial charge is 0.444 e. The Bertz CT molecular complexity index is 443. The van der Waals surface area contributed by atoms with Gasteiger partial charge in [-0.25, -0.2) is 4.79 Å². The maximum atomic E-state index is 11.7. The number of nitrogens with one attached hydrogen (secondary N) is 1. The molecule has 0 radical (unpaired) electrons. The van der Waals surface area contributed by atoms with Crippen LogP contribution >= 0.6 is 0 Å². The van der Waals surface area contributed by atoms with Crippen molar-refractivity contribution in [2.45, 2.75) is 45.8 Å². The zero-order chi connectivity index (χ0) is 14.6. The van der Waals surface area contributed by atoms with Crippen LogP contribution in [0.2, 0.25) is 0 Å². The van der Waals surface area contributed by atoms with Gasteiger partial charge in [-0.15, -0.1) is 0 Å². The number of rotatable bonds is 3. The lowest BCUT2D eigenvalue weighted by molar-refractivity contribution is 0.0636.